The van der Waals surface area contributed by atoms with Gasteiger partial charge in [0.05, 0.1) is 24.8 Å². The van der Waals surface area contributed by atoms with Crippen LogP contribution in [-0.2, 0) is 10.0 Å². The molecule has 0 saturated carbocycles. The lowest BCUT2D eigenvalue weighted by molar-refractivity contribution is 0.145. The minimum atomic E-state index is -4.04. The molecule has 0 aliphatic carbocycles. The normalized spacial score (nSPS) is 11.5. The SMILES string of the molecule is COc1ccc(-c2cc(C(F)F)nn2NS(=O)(=O)c2ccccc2)cc1OC. The van der Waals surface area contributed by atoms with Gasteiger partial charge in [0.25, 0.3) is 16.4 Å². The van der Waals surface area contributed by atoms with E-state index in [1.165, 1.54) is 26.4 Å². The molecular weight excluding hydrogens is 392 g/mol. The van der Waals surface area contributed by atoms with Crippen molar-refractivity contribution in [1.29, 1.82) is 0 Å². The highest BCUT2D eigenvalue weighted by Crippen LogP contribution is 2.33. The van der Waals surface area contributed by atoms with Crippen LogP contribution in [-0.4, -0.2) is 32.5 Å². The largest absolute Gasteiger partial charge is 0.493 e. The number of hydrogen-bond acceptors (Lipinski definition) is 5. The second-order valence-corrected chi connectivity index (χ2v) is 7.31. The van der Waals surface area contributed by atoms with E-state index in [1.54, 1.807) is 36.4 Å². The summed E-state index contributed by atoms with van der Waals surface area (Å²) in [6, 6.07) is 13.4. The van der Waals surface area contributed by atoms with E-state index in [0.717, 1.165) is 10.9 Å². The summed E-state index contributed by atoms with van der Waals surface area (Å²) in [6.45, 7) is 0. The second kappa shape index (κ2) is 7.85. The lowest BCUT2D eigenvalue weighted by Gasteiger charge is -2.13. The first-order valence-electron chi connectivity index (χ1n) is 8.04. The summed E-state index contributed by atoms with van der Waals surface area (Å²) in [6.07, 6.45) is -2.87. The van der Waals surface area contributed by atoms with Crippen LogP contribution in [0.3, 0.4) is 0 Å². The molecule has 0 radical (unpaired) electrons. The van der Waals surface area contributed by atoms with Crippen LogP contribution < -0.4 is 14.3 Å². The van der Waals surface area contributed by atoms with Crippen molar-refractivity contribution in [2.24, 2.45) is 0 Å². The molecular formula is C18H17F2N3O4S. The van der Waals surface area contributed by atoms with Crippen LogP contribution >= 0.6 is 0 Å². The number of halogens is 2. The number of aromatic nitrogens is 2. The molecule has 0 bridgehead atoms. The number of sulfonamides is 1. The molecule has 7 nitrogen and oxygen atoms in total. The van der Waals surface area contributed by atoms with Crippen molar-refractivity contribution in [3.8, 4) is 22.8 Å². The van der Waals surface area contributed by atoms with E-state index >= 15 is 0 Å². The average molecular weight is 409 g/mol. The summed E-state index contributed by atoms with van der Waals surface area (Å²) in [4.78, 5) is 3.00. The van der Waals surface area contributed by atoms with Gasteiger partial charge < -0.3 is 9.47 Å². The van der Waals surface area contributed by atoms with Gasteiger partial charge >= 0.3 is 0 Å². The number of alkyl halides is 2. The van der Waals surface area contributed by atoms with Gasteiger partial charge in [0.15, 0.2) is 11.5 Å². The lowest BCUT2D eigenvalue weighted by atomic mass is 10.1. The van der Waals surface area contributed by atoms with Gasteiger partial charge in [-0.15, -0.1) is 0 Å². The van der Waals surface area contributed by atoms with E-state index in [2.05, 4.69) is 9.93 Å². The van der Waals surface area contributed by atoms with Crippen LogP contribution in [0.2, 0.25) is 0 Å². The Kier molecular flexibility index (Phi) is 5.50. The minimum absolute atomic E-state index is 0.0256. The topological polar surface area (TPSA) is 82.5 Å². The zero-order chi connectivity index (χ0) is 20.3. The minimum Gasteiger partial charge on any atom is -0.493 e. The summed E-state index contributed by atoms with van der Waals surface area (Å²) < 4.78 is 61.9. The Morgan fingerprint density at radius 3 is 2.29 bits per heavy atom. The van der Waals surface area contributed by atoms with Crippen LogP contribution in [0.1, 0.15) is 12.1 Å². The number of nitrogens with zero attached hydrogens (tertiary/aromatic N) is 2. The first-order chi connectivity index (χ1) is 13.4. The molecule has 10 heteroatoms. The molecule has 2 aromatic carbocycles. The van der Waals surface area contributed by atoms with Crippen molar-refractivity contribution in [2.45, 2.75) is 11.3 Å². The van der Waals surface area contributed by atoms with Crippen molar-refractivity contribution in [1.82, 2.24) is 9.89 Å². The molecule has 0 spiro atoms. The number of rotatable bonds is 7. The van der Waals surface area contributed by atoms with Crippen molar-refractivity contribution in [3.05, 3.63) is 60.3 Å². The molecule has 3 rings (SSSR count). The molecule has 0 atom stereocenters. The van der Waals surface area contributed by atoms with Gasteiger partial charge in [-0.2, -0.15) is 23.1 Å². The van der Waals surface area contributed by atoms with E-state index in [4.69, 9.17) is 9.47 Å². The van der Waals surface area contributed by atoms with E-state index in [1.807, 2.05) is 0 Å². The van der Waals surface area contributed by atoms with Gasteiger partial charge in [-0.3, -0.25) is 0 Å². The molecule has 0 saturated heterocycles. The van der Waals surface area contributed by atoms with Gasteiger partial charge in [0, 0.05) is 5.56 Å². The van der Waals surface area contributed by atoms with E-state index in [-0.39, 0.29) is 10.6 Å². The van der Waals surface area contributed by atoms with Gasteiger partial charge in [-0.05, 0) is 36.4 Å². The summed E-state index contributed by atoms with van der Waals surface area (Å²) in [5.74, 6) is 0.800. The lowest BCUT2D eigenvalue weighted by Crippen LogP contribution is -2.25. The fraction of sp³-hybridized carbons (Fsp3) is 0.167. The zero-order valence-corrected chi connectivity index (χ0v) is 15.8. The van der Waals surface area contributed by atoms with Crippen LogP contribution in [0, 0.1) is 0 Å². The third-order valence-corrected chi connectivity index (χ3v) is 5.20. The highest BCUT2D eigenvalue weighted by atomic mass is 32.2. The zero-order valence-electron chi connectivity index (χ0n) is 15.0. The van der Waals surface area contributed by atoms with Gasteiger partial charge in [0.2, 0.25) is 0 Å². The van der Waals surface area contributed by atoms with E-state index in [0.29, 0.717) is 17.1 Å². The van der Waals surface area contributed by atoms with Gasteiger partial charge in [0.1, 0.15) is 5.69 Å². The monoisotopic (exact) mass is 409 g/mol. The summed E-state index contributed by atoms with van der Waals surface area (Å²) >= 11 is 0. The maximum Gasteiger partial charge on any atom is 0.282 e. The Morgan fingerprint density at radius 1 is 1.00 bits per heavy atom. The van der Waals surface area contributed by atoms with Crippen LogP contribution in [0.25, 0.3) is 11.3 Å². The molecule has 1 heterocycles. The summed E-state index contributed by atoms with van der Waals surface area (Å²) in [5, 5.41) is 3.70. The maximum atomic E-state index is 13.2. The molecule has 0 aliphatic rings. The molecule has 3 aromatic rings. The molecule has 1 N–H and O–H groups in total. The summed E-state index contributed by atoms with van der Waals surface area (Å²) in [5.41, 5.74) is -0.0379. The van der Waals surface area contributed by atoms with Crippen molar-refractivity contribution >= 4 is 10.0 Å². The Labute approximate surface area is 160 Å². The maximum absolute atomic E-state index is 13.2. The smallest absolute Gasteiger partial charge is 0.282 e. The standard InChI is InChI=1S/C18H17F2N3O4S/c1-26-16-9-8-12(10-17(16)27-2)15-11-14(18(19)20)21-23(15)22-28(24,25)13-6-4-3-5-7-13/h3-11,18,22H,1-2H3. The molecule has 0 fully saturated rings. The number of hydrogen-bond donors (Lipinski definition) is 1. The first kappa shape index (κ1) is 19.6. The predicted molar refractivity (Wildman–Crippen MR) is 98.7 cm³/mol. The van der Waals surface area contributed by atoms with E-state index < -0.39 is 22.1 Å². The third-order valence-electron chi connectivity index (χ3n) is 3.89. The Bertz CT molecular complexity index is 1070. The van der Waals surface area contributed by atoms with Crippen LogP contribution in [0.15, 0.2) is 59.5 Å². The van der Waals surface area contributed by atoms with Crippen molar-refractivity contribution < 1.29 is 26.7 Å². The van der Waals surface area contributed by atoms with Gasteiger partial charge in [-0.1, -0.05) is 18.2 Å². The van der Waals surface area contributed by atoms with Gasteiger partial charge in [-0.25, -0.2) is 8.78 Å². The Morgan fingerprint density at radius 2 is 1.68 bits per heavy atom. The fourth-order valence-corrected chi connectivity index (χ4v) is 3.53. The molecule has 0 amide bonds. The Balaban J connectivity index is 2.08. The highest BCUT2D eigenvalue weighted by Gasteiger charge is 2.22. The van der Waals surface area contributed by atoms with Crippen molar-refractivity contribution in [3.63, 3.8) is 0 Å². The molecule has 148 valence electrons. The summed E-state index contributed by atoms with van der Waals surface area (Å²) in [7, 11) is -1.14. The number of benzene rings is 2. The molecule has 28 heavy (non-hydrogen) atoms. The van der Waals surface area contributed by atoms with E-state index in [9.17, 15) is 17.2 Å². The predicted octanol–water partition coefficient (Wildman–Crippen LogP) is 3.44. The number of nitrogens with one attached hydrogen (secondary N) is 1. The fourth-order valence-electron chi connectivity index (χ4n) is 2.54. The second-order valence-electron chi connectivity index (χ2n) is 5.64. The molecule has 1 aromatic heterocycles. The number of ether oxygens (including phenoxy) is 2. The van der Waals surface area contributed by atoms with Crippen molar-refractivity contribution in [2.75, 3.05) is 19.1 Å². The van der Waals surface area contributed by atoms with Crippen LogP contribution in [0.5, 0.6) is 11.5 Å². The first-order valence-corrected chi connectivity index (χ1v) is 9.52. The quantitative estimate of drug-likeness (QED) is 0.647. The molecule has 0 aliphatic heterocycles. The number of methoxy groups -OCH3 is 2. The molecule has 0 unspecified atom stereocenters. The Hall–Kier alpha value is -3.14. The third kappa shape index (κ3) is 3.91. The average Bonchev–Trinajstić information content (AvgIpc) is 3.11. The highest BCUT2D eigenvalue weighted by molar-refractivity contribution is 7.92. The van der Waals surface area contributed by atoms with Crippen LogP contribution in [0.4, 0.5) is 8.78 Å².